The molecule has 16 heavy (non-hydrogen) atoms. The van der Waals surface area contributed by atoms with Gasteiger partial charge in [0.15, 0.2) is 0 Å². The lowest BCUT2D eigenvalue weighted by molar-refractivity contribution is 0.761. The Balaban J connectivity index is 2.54. The van der Waals surface area contributed by atoms with Crippen LogP contribution in [0.2, 0.25) is 5.02 Å². The summed E-state index contributed by atoms with van der Waals surface area (Å²) in [6.45, 7) is 4.10. The molecule has 84 valence electrons. The molecular weight excluding hydrogens is 226 g/mol. The largest absolute Gasteiger partial charge is 0.325 e. The molecule has 0 aliphatic heterocycles. The summed E-state index contributed by atoms with van der Waals surface area (Å²) in [4.78, 5) is 8.43. The fourth-order valence-electron chi connectivity index (χ4n) is 1.42. The van der Waals surface area contributed by atoms with Crippen molar-refractivity contribution in [3.63, 3.8) is 0 Å². The second-order valence-corrected chi connectivity index (χ2v) is 3.83. The number of aromatic nitrogens is 4. The highest BCUT2D eigenvalue weighted by Gasteiger charge is 2.12. The van der Waals surface area contributed by atoms with Crippen LogP contribution in [0.15, 0.2) is 12.3 Å². The maximum atomic E-state index is 6.06. The number of nitrogens with two attached hydrogens (primary N) is 1. The molecular formula is C10H12ClN5. The summed E-state index contributed by atoms with van der Waals surface area (Å²) in [7, 11) is 0. The van der Waals surface area contributed by atoms with Gasteiger partial charge in [-0.1, -0.05) is 11.6 Å². The van der Waals surface area contributed by atoms with E-state index in [1.165, 1.54) is 0 Å². The van der Waals surface area contributed by atoms with Crippen LogP contribution in [0.25, 0.3) is 5.95 Å². The molecule has 0 aromatic carbocycles. The SMILES string of the molecule is Cc1nn(-c2nccc(CN)n2)c(C)c1Cl. The molecule has 0 aliphatic rings. The van der Waals surface area contributed by atoms with Crippen molar-refractivity contribution in [3.8, 4) is 5.95 Å². The topological polar surface area (TPSA) is 69.6 Å². The predicted molar refractivity (Wildman–Crippen MR) is 61.5 cm³/mol. The molecule has 2 aromatic rings. The molecule has 5 nitrogen and oxygen atoms in total. The van der Waals surface area contributed by atoms with Gasteiger partial charge in [0.2, 0.25) is 0 Å². The number of halogens is 1. The van der Waals surface area contributed by atoms with Crippen molar-refractivity contribution < 1.29 is 0 Å². The minimum Gasteiger partial charge on any atom is -0.325 e. The molecule has 2 aromatic heterocycles. The van der Waals surface area contributed by atoms with Gasteiger partial charge >= 0.3 is 0 Å². The molecule has 2 N–H and O–H groups in total. The van der Waals surface area contributed by atoms with Crippen LogP contribution >= 0.6 is 11.6 Å². The lowest BCUT2D eigenvalue weighted by atomic mass is 10.4. The van der Waals surface area contributed by atoms with E-state index in [-0.39, 0.29) is 0 Å². The Morgan fingerprint density at radius 1 is 1.44 bits per heavy atom. The summed E-state index contributed by atoms with van der Waals surface area (Å²) < 4.78 is 1.62. The Bertz CT molecular complexity index is 520. The summed E-state index contributed by atoms with van der Waals surface area (Å²) >= 11 is 6.06. The molecule has 0 fully saturated rings. The smallest absolute Gasteiger partial charge is 0.251 e. The zero-order valence-corrected chi connectivity index (χ0v) is 9.86. The monoisotopic (exact) mass is 237 g/mol. The molecule has 0 saturated carbocycles. The van der Waals surface area contributed by atoms with Crippen LogP contribution in [-0.2, 0) is 6.54 Å². The molecule has 0 amide bonds. The van der Waals surface area contributed by atoms with Crippen LogP contribution in [0.3, 0.4) is 0 Å². The zero-order chi connectivity index (χ0) is 11.7. The summed E-state index contributed by atoms with van der Waals surface area (Å²) in [5.74, 6) is 0.496. The molecule has 0 aliphatic carbocycles. The van der Waals surface area contributed by atoms with Gasteiger partial charge in [-0.15, -0.1) is 0 Å². The first-order chi connectivity index (χ1) is 7.63. The van der Waals surface area contributed by atoms with E-state index < -0.39 is 0 Å². The van der Waals surface area contributed by atoms with E-state index in [1.807, 2.05) is 13.8 Å². The maximum absolute atomic E-state index is 6.06. The molecule has 2 rings (SSSR count). The highest BCUT2D eigenvalue weighted by atomic mass is 35.5. The molecule has 0 atom stereocenters. The Morgan fingerprint density at radius 2 is 2.19 bits per heavy atom. The van der Waals surface area contributed by atoms with Crippen LogP contribution in [0, 0.1) is 13.8 Å². The highest BCUT2D eigenvalue weighted by Crippen LogP contribution is 2.20. The van der Waals surface area contributed by atoms with Gasteiger partial charge in [0.1, 0.15) is 0 Å². The van der Waals surface area contributed by atoms with Crippen LogP contribution in [0.1, 0.15) is 17.1 Å². The van der Waals surface area contributed by atoms with Crippen LogP contribution in [-0.4, -0.2) is 19.7 Å². The van der Waals surface area contributed by atoms with E-state index in [0.717, 1.165) is 17.1 Å². The molecule has 0 radical (unpaired) electrons. The zero-order valence-electron chi connectivity index (χ0n) is 9.11. The number of aryl methyl sites for hydroxylation is 1. The summed E-state index contributed by atoms with van der Waals surface area (Å²) in [5.41, 5.74) is 7.89. The van der Waals surface area contributed by atoms with Gasteiger partial charge in [0.05, 0.1) is 22.1 Å². The number of rotatable bonds is 2. The van der Waals surface area contributed by atoms with Gasteiger partial charge in [-0.25, -0.2) is 14.6 Å². The van der Waals surface area contributed by atoms with Gasteiger partial charge in [-0.3, -0.25) is 0 Å². The Morgan fingerprint density at radius 3 is 2.75 bits per heavy atom. The summed E-state index contributed by atoms with van der Waals surface area (Å²) in [6.07, 6.45) is 1.66. The molecule has 0 saturated heterocycles. The first-order valence-corrected chi connectivity index (χ1v) is 5.25. The third-order valence-electron chi connectivity index (χ3n) is 2.30. The summed E-state index contributed by atoms with van der Waals surface area (Å²) in [5, 5.41) is 4.91. The first kappa shape index (κ1) is 11.0. The van der Waals surface area contributed by atoms with Crippen LogP contribution < -0.4 is 5.73 Å². The number of hydrogen-bond acceptors (Lipinski definition) is 4. The van der Waals surface area contributed by atoms with Crippen molar-refractivity contribution in [2.24, 2.45) is 5.73 Å². The molecule has 0 unspecified atom stereocenters. The standard InChI is InChI=1S/C10H12ClN5/c1-6-9(11)7(2)16(15-6)10-13-4-3-8(5-12)14-10/h3-4H,5,12H2,1-2H3. The van der Waals surface area contributed by atoms with Gasteiger partial charge in [0, 0.05) is 12.7 Å². The first-order valence-electron chi connectivity index (χ1n) is 4.87. The normalized spacial score (nSPS) is 10.8. The number of nitrogens with zero attached hydrogens (tertiary/aromatic N) is 4. The van der Waals surface area contributed by atoms with Gasteiger partial charge in [-0.05, 0) is 19.9 Å². The minimum absolute atomic E-state index is 0.378. The van der Waals surface area contributed by atoms with Crippen LogP contribution in [0.4, 0.5) is 0 Å². The van der Waals surface area contributed by atoms with Crippen molar-refractivity contribution >= 4 is 11.6 Å². The maximum Gasteiger partial charge on any atom is 0.251 e. The predicted octanol–water partition coefficient (Wildman–Crippen LogP) is 1.39. The van der Waals surface area contributed by atoms with E-state index in [9.17, 15) is 0 Å². The minimum atomic E-state index is 0.378. The van der Waals surface area contributed by atoms with Gasteiger partial charge in [-0.2, -0.15) is 5.10 Å². The third-order valence-corrected chi connectivity index (χ3v) is 2.85. The quantitative estimate of drug-likeness (QED) is 0.857. The average Bonchev–Trinajstić information content (AvgIpc) is 2.57. The van der Waals surface area contributed by atoms with E-state index >= 15 is 0 Å². The molecule has 0 bridgehead atoms. The average molecular weight is 238 g/mol. The lowest BCUT2D eigenvalue weighted by Gasteiger charge is -2.03. The third kappa shape index (κ3) is 1.79. The fraction of sp³-hybridized carbons (Fsp3) is 0.300. The van der Waals surface area contributed by atoms with Crippen LogP contribution in [0.5, 0.6) is 0 Å². The van der Waals surface area contributed by atoms with Gasteiger partial charge in [0.25, 0.3) is 5.95 Å². The molecule has 0 spiro atoms. The molecule has 2 heterocycles. The Labute approximate surface area is 98.3 Å². The van der Waals surface area contributed by atoms with Crippen molar-refractivity contribution in [1.29, 1.82) is 0 Å². The van der Waals surface area contributed by atoms with Gasteiger partial charge < -0.3 is 5.73 Å². The summed E-state index contributed by atoms with van der Waals surface area (Å²) in [6, 6.07) is 1.77. The Kier molecular flexibility index (Phi) is 2.89. The Hall–Kier alpha value is -1.46. The van der Waals surface area contributed by atoms with Crippen molar-refractivity contribution in [2.45, 2.75) is 20.4 Å². The van der Waals surface area contributed by atoms with Crippen molar-refractivity contribution in [2.75, 3.05) is 0 Å². The highest BCUT2D eigenvalue weighted by molar-refractivity contribution is 6.31. The second-order valence-electron chi connectivity index (χ2n) is 3.45. The van der Waals surface area contributed by atoms with E-state index in [2.05, 4.69) is 15.1 Å². The van der Waals surface area contributed by atoms with E-state index in [1.54, 1.807) is 16.9 Å². The van der Waals surface area contributed by atoms with Crippen molar-refractivity contribution in [3.05, 3.63) is 34.4 Å². The molecule has 6 heteroatoms. The second kappa shape index (κ2) is 4.19. The van der Waals surface area contributed by atoms with E-state index in [0.29, 0.717) is 17.5 Å². The van der Waals surface area contributed by atoms with Crippen molar-refractivity contribution in [1.82, 2.24) is 19.7 Å². The lowest BCUT2D eigenvalue weighted by Crippen LogP contribution is -2.08. The fourth-order valence-corrected chi connectivity index (χ4v) is 1.54. The van der Waals surface area contributed by atoms with E-state index in [4.69, 9.17) is 17.3 Å². The number of hydrogen-bond donors (Lipinski definition) is 1.